The Morgan fingerprint density at radius 3 is 2.75 bits per heavy atom. The average Bonchev–Trinajstić information content (AvgIpc) is 2.16. The van der Waals surface area contributed by atoms with Gasteiger partial charge in [0.2, 0.25) is 0 Å². The maximum atomic E-state index is 11.4. The quantitative estimate of drug-likeness (QED) is 0.629. The number of hydrogen-bond acceptors (Lipinski definition) is 3. The fourth-order valence-corrected chi connectivity index (χ4v) is 1.77. The minimum absolute atomic E-state index is 0.111. The molecule has 0 aromatic carbocycles. The number of carboxylic acids is 1. The largest absolute Gasteiger partial charge is 0.480 e. The lowest BCUT2D eigenvalue weighted by Crippen LogP contribution is -2.52. The molecule has 0 spiro atoms. The van der Waals surface area contributed by atoms with E-state index in [-0.39, 0.29) is 6.04 Å². The van der Waals surface area contributed by atoms with Crippen LogP contribution in [0.4, 0.5) is 4.79 Å². The summed E-state index contributed by atoms with van der Waals surface area (Å²) in [6.45, 7) is 3.30. The summed E-state index contributed by atoms with van der Waals surface area (Å²) in [5.74, 6) is -1.03. The fourth-order valence-electron chi connectivity index (χ4n) is 1.77. The predicted molar refractivity (Wildman–Crippen MR) is 59.3 cm³/mol. The second-order valence-electron chi connectivity index (χ2n) is 4.28. The third-order valence-corrected chi connectivity index (χ3v) is 2.68. The van der Waals surface area contributed by atoms with Gasteiger partial charge in [-0.15, -0.1) is 0 Å². The standard InChI is InChI=1S/C10H19N3O3/c1-7(9(14)15)11-10(16)12-8-4-3-5-13(2)6-8/h7-8H,3-6H2,1-2H3,(H,14,15)(H2,11,12,16). The molecule has 0 aromatic heterocycles. The molecule has 1 fully saturated rings. The van der Waals surface area contributed by atoms with Crippen LogP contribution in [0.1, 0.15) is 19.8 Å². The first-order valence-electron chi connectivity index (χ1n) is 5.47. The number of aliphatic carboxylic acids is 1. The van der Waals surface area contributed by atoms with E-state index in [0.29, 0.717) is 0 Å². The van der Waals surface area contributed by atoms with E-state index in [1.54, 1.807) is 0 Å². The summed E-state index contributed by atoms with van der Waals surface area (Å²) in [6.07, 6.45) is 2.00. The van der Waals surface area contributed by atoms with E-state index in [1.807, 2.05) is 7.05 Å². The lowest BCUT2D eigenvalue weighted by atomic mass is 10.1. The number of carboxylic acid groups (broad SMARTS) is 1. The molecule has 1 aliphatic heterocycles. The van der Waals surface area contributed by atoms with Crippen molar-refractivity contribution in [2.45, 2.75) is 31.8 Å². The number of urea groups is 1. The van der Waals surface area contributed by atoms with Crippen molar-refractivity contribution in [3.8, 4) is 0 Å². The molecule has 2 unspecified atom stereocenters. The Bertz CT molecular complexity index is 270. The van der Waals surface area contributed by atoms with Gasteiger partial charge in [0.1, 0.15) is 6.04 Å². The first kappa shape index (κ1) is 12.8. The number of amides is 2. The molecule has 1 rings (SSSR count). The highest BCUT2D eigenvalue weighted by atomic mass is 16.4. The minimum Gasteiger partial charge on any atom is -0.480 e. The molecule has 2 atom stereocenters. The van der Waals surface area contributed by atoms with Crippen LogP contribution in [-0.4, -0.2) is 54.2 Å². The van der Waals surface area contributed by atoms with E-state index >= 15 is 0 Å². The van der Waals surface area contributed by atoms with Gasteiger partial charge < -0.3 is 20.6 Å². The lowest BCUT2D eigenvalue weighted by molar-refractivity contribution is -0.138. The molecular weight excluding hydrogens is 210 g/mol. The number of piperidine rings is 1. The summed E-state index contributed by atoms with van der Waals surface area (Å²) >= 11 is 0. The van der Waals surface area contributed by atoms with Gasteiger partial charge in [0, 0.05) is 12.6 Å². The Labute approximate surface area is 95.0 Å². The number of nitrogens with one attached hydrogen (secondary N) is 2. The second-order valence-corrected chi connectivity index (χ2v) is 4.28. The Morgan fingerprint density at radius 1 is 1.50 bits per heavy atom. The molecule has 6 nitrogen and oxygen atoms in total. The van der Waals surface area contributed by atoms with Crippen LogP contribution in [0.25, 0.3) is 0 Å². The first-order valence-corrected chi connectivity index (χ1v) is 5.47. The van der Waals surface area contributed by atoms with Crippen molar-refractivity contribution in [3.63, 3.8) is 0 Å². The first-order chi connectivity index (χ1) is 7.49. The number of carbonyl (C=O) groups is 2. The Morgan fingerprint density at radius 2 is 2.19 bits per heavy atom. The predicted octanol–water partition coefficient (Wildman–Crippen LogP) is -0.147. The van der Waals surface area contributed by atoms with Gasteiger partial charge in [0.15, 0.2) is 0 Å². The van der Waals surface area contributed by atoms with Gasteiger partial charge in [-0.1, -0.05) is 0 Å². The minimum atomic E-state index is -1.03. The van der Waals surface area contributed by atoms with Gasteiger partial charge in [-0.05, 0) is 33.4 Å². The maximum absolute atomic E-state index is 11.4. The van der Waals surface area contributed by atoms with E-state index in [0.717, 1.165) is 25.9 Å². The number of hydrogen-bond donors (Lipinski definition) is 3. The molecule has 1 aliphatic rings. The van der Waals surface area contributed by atoms with Crippen LogP contribution in [0, 0.1) is 0 Å². The third-order valence-electron chi connectivity index (χ3n) is 2.68. The number of nitrogens with zero attached hydrogens (tertiary/aromatic N) is 1. The lowest BCUT2D eigenvalue weighted by Gasteiger charge is -2.30. The Hall–Kier alpha value is -1.30. The van der Waals surface area contributed by atoms with Crippen LogP contribution in [0.5, 0.6) is 0 Å². The average molecular weight is 229 g/mol. The van der Waals surface area contributed by atoms with E-state index < -0.39 is 18.0 Å². The summed E-state index contributed by atoms with van der Waals surface area (Å²) in [5.41, 5.74) is 0. The number of carbonyl (C=O) groups excluding carboxylic acids is 1. The van der Waals surface area contributed by atoms with Crippen molar-refractivity contribution in [2.75, 3.05) is 20.1 Å². The molecule has 1 saturated heterocycles. The number of rotatable bonds is 3. The van der Waals surface area contributed by atoms with Gasteiger partial charge in [0.25, 0.3) is 0 Å². The van der Waals surface area contributed by atoms with Gasteiger partial charge in [-0.25, -0.2) is 4.79 Å². The summed E-state index contributed by atoms with van der Waals surface area (Å²) in [6, 6.07) is -1.16. The van der Waals surface area contributed by atoms with Crippen molar-refractivity contribution in [1.29, 1.82) is 0 Å². The van der Waals surface area contributed by atoms with E-state index in [4.69, 9.17) is 5.11 Å². The molecule has 0 bridgehead atoms. The van der Waals surface area contributed by atoms with Crippen LogP contribution >= 0.6 is 0 Å². The van der Waals surface area contributed by atoms with Crippen LogP contribution < -0.4 is 10.6 Å². The van der Waals surface area contributed by atoms with Crippen molar-refractivity contribution in [3.05, 3.63) is 0 Å². The number of likely N-dealkylation sites (tertiary alicyclic amines) is 1. The molecule has 0 saturated carbocycles. The van der Waals surface area contributed by atoms with Crippen molar-refractivity contribution >= 4 is 12.0 Å². The zero-order chi connectivity index (χ0) is 12.1. The third kappa shape index (κ3) is 4.06. The van der Waals surface area contributed by atoms with Gasteiger partial charge >= 0.3 is 12.0 Å². The molecule has 16 heavy (non-hydrogen) atoms. The highest BCUT2D eigenvalue weighted by Crippen LogP contribution is 2.07. The fraction of sp³-hybridized carbons (Fsp3) is 0.800. The Kier molecular flexibility index (Phi) is 4.54. The van der Waals surface area contributed by atoms with Crippen LogP contribution in [0.15, 0.2) is 0 Å². The monoisotopic (exact) mass is 229 g/mol. The summed E-state index contributed by atoms with van der Waals surface area (Å²) in [4.78, 5) is 24.1. The summed E-state index contributed by atoms with van der Waals surface area (Å²) in [5, 5.41) is 13.8. The van der Waals surface area contributed by atoms with Crippen LogP contribution in [-0.2, 0) is 4.79 Å². The highest BCUT2D eigenvalue weighted by molar-refractivity contribution is 5.82. The second kappa shape index (κ2) is 5.69. The highest BCUT2D eigenvalue weighted by Gasteiger charge is 2.20. The summed E-state index contributed by atoms with van der Waals surface area (Å²) in [7, 11) is 2.01. The Balaban J connectivity index is 2.30. The molecule has 0 radical (unpaired) electrons. The van der Waals surface area contributed by atoms with E-state index in [2.05, 4.69) is 15.5 Å². The molecular formula is C10H19N3O3. The molecule has 6 heteroatoms. The van der Waals surface area contributed by atoms with Crippen LogP contribution in [0.2, 0.25) is 0 Å². The van der Waals surface area contributed by atoms with Gasteiger partial charge in [-0.3, -0.25) is 4.79 Å². The molecule has 3 N–H and O–H groups in total. The zero-order valence-electron chi connectivity index (χ0n) is 9.69. The molecule has 92 valence electrons. The van der Waals surface area contributed by atoms with E-state index in [1.165, 1.54) is 6.92 Å². The summed E-state index contributed by atoms with van der Waals surface area (Å²) < 4.78 is 0. The van der Waals surface area contributed by atoms with Crippen molar-refractivity contribution in [1.82, 2.24) is 15.5 Å². The molecule has 2 amide bonds. The maximum Gasteiger partial charge on any atom is 0.325 e. The molecule has 0 aromatic rings. The number of likely N-dealkylation sites (N-methyl/N-ethyl adjacent to an activating group) is 1. The zero-order valence-corrected chi connectivity index (χ0v) is 9.69. The van der Waals surface area contributed by atoms with E-state index in [9.17, 15) is 9.59 Å². The normalized spacial score (nSPS) is 23.5. The topological polar surface area (TPSA) is 81.7 Å². The molecule has 1 heterocycles. The SMILES string of the molecule is CC(NC(=O)NC1CCCN(C)C1)C(=O)O. The molecule has 0 aliphatic carbocycles. The smallest absolute Gasteiger partial charge is 0.325 e. The van der Waals surface area contributed by atoms with Crippen LogP contribution in [0.3, 0.4) is 0 Å². The van der Waals surface area contributed by atoms with Crippen molar-refractivity contribution < 1.29 is 14.7 Å². The van der Waals surface area contributed by atoms with Gasteiger partial charge in [0.05, 0.1) is 0 Å². The van der Waals surface area contributed by atoms with Gasteiger partial charge in [-0.2, -0.15) is 0 Å². The van der Waals surface area contributed by atoms with Crippen molar-refractivity contribution in [2.24, 2.45) is 0 Å².